The van der Waals surface area contributed by atoms with Gasteiger partial charge in [0, 0.05) is 16.6 Å². The SMILES string of the molecule is N/C(=N\O)c1ccc(CSC2CCCCC2)cc1. The highest BCUT2D eigenvalue weighted by Crippen LogP contribution is 2.30. The number of nitrogens with two attached hydrogens (primary N) is 1. The predicted octanol–water partition coefficient (Wildman–Crippen LogP) is 3.35. The number of nitrogens with zero attached hydrogens (tertiary/aromatic N) is 1. The quantitative estimate of drug-likeness (QED) is 0.379. The first-order valence-corrected chi connectivity index (χ1v) is 7.53. The van der Waals surface area contributed by atoms with Crippen molar-refractivity contribution in [2.24, 2.45) is 10.9 Å². The van der Waals surface area contributed by atoms with E-state index >= 15 is 0 Å². The van der Waals surface area contributed by atoms with Gasteiger partial charge >= 0.3 is 0 Å². The summed E-state index contributed by atoms with van der Waals surface area (Å²) in [7, 11) is 0. The molecule has 0 bridgehead atoms. The van der Waals surface area contributed by atoms with Gasteiger partial charge in [0.25, 0.3) is 0 Å². The Bertz CT molecular complexity index is 397. The first-order chi connectivity index (χ1) is 8.79. The molecule has 1 aliphatic rings. The van der Waals surface area contributed by atoms with Crippen molar-refractivity contribution in [2.75, 3.05) is 0 Å². The van der Waals surface area contributed by atoms with Crippen LogP contribution in [0.4, 0.5) is 0 Å². The minimum absolute atomic E-state index is 0.168. The first-order valence-electron chi connectivity index (χ1n) is 6.48. The van der Waals surface area contributed by atoms with Gasteiger partial charge in [0.15, 0.2) is 5.84 Å². The Hall–Kier alpha value is -1.16. The van der Waals surface area contributed by atoms with Crippen molar-refractivity contribution in [1.29, 1.82) is 0 Å². The lowest BCUT2D eigenvalue weighted by molar-refractivity contribution is 0.318. The molecule has 1 saturated carbocycles. The van der Waals surface area contributed by atoms with E-state index in [1.807, 2.05) is 12.1 Å². The number of rotatable bonds is 4. The Balaban J connectivity index is 1.86. The molecular formula is C14H20N2OS. The van der Waals surface area contributed by atoms with E-state index < -0.39 is 0 Å². The topological polar surface area (TPSA) is 58.6 Å². The van der Waals surface area contributed by atoms with E-state index in [2.05, 4.69) is 29.1 Å². The maximum Gasteiger partial charge on any atom is 0.170 e. The van der Waals surface area contributed by atoms with Gasteiger partial charge < -0.3 is 10.9 Å². The standard InChI is InChI=1S/C14H20N2OS/c15-14(16-17)12-8-6-11(7-9-12)10-18-13-4-2-1-3-5-13/h6-9,13,17H,1-5,10H2,(H2,15,16). The van der Waals surface area contributed by atoms with E-state index in [-0.39, 0.29) is 5.84 Å². The summed E-state index contributed by atoms with van der Waals surface area (Å²) in [4.78, 5) is 0. The molecule has 0 heterocycles. The fourth-order valence-corrected chi connectivity index (χ4v) is 3.56. The molecule has 1 aromatic rings. The molecule has 0 amide bonds. The third-order valence-corrected chi connectivity index (χ3v) is 4.84. The second-order valence-corrected chi connectivity index (χ2v) is 6.04. The lowest BCUT2D eigenvalue weighted by Gasteiger charge is -2.20. The molecular weight excluding hydrogens is 244 g/mol. The van der Waals surface area contributed by atoms with Gasteiger partial charge in [-0.05, 0) is 18.4 Å². The Morgan fingerprint density at radius 2 is 1.89 bits per heavy atom. The van der Waals surface area contributed by atoms with Crippen LogP contribution in [-0.2, 0) is 5.75 Å². The van der Waals surface area contributed by atoms with Gasteiger partial charge in [-0.3, -0.25) is 0 Å². The van der Waals surface area contributed by atoms with Crippen molar-refractivity contribution in [3.05, 3.63) is 35.4 Å². The monoisotopic (exact) mass is 264 g/mol. The van der Waals surface area contributed by atoms with Crippen LogP contribution in [0.15, 0.2) is 29.4 Å². The van der Waals surface area contributed by atoms with Crippen LogP contribution in [0.5, 0.6) is 0 Å². The maximum atomic E-state index is 8.59. The van der Waals surface area contributed by atoms with Crippen molar-refractivity contribution in [1.82, 2.24) is 0 Å². The van der Waals surface area contributed by atoms with Gasteiger partial charge in [-0.2, -0.15) is 11.8 Å². The van der Waals surface area contributed by atoms with Gasteiger partial charge in [0.1, 0.15) is 0 Å². The van der Waals surface area contributed by atoms with Gasteiger partial charge in [0.2, 0.25) is 0 Å². The van der Waals surface area contributed by atoms with E-state index in [1.54, 1.807) is 0 Å². The summed E-state index contributed by atoms with van der Waals surface area (Å²) >= 11 is 2.06. The fourth-order valence-electron chi connectivity index (χ4n) is 2.28. The van der Waals surface area contributed by atoms with Crippen LogP contribution in [0.3, 0.4) is 0 Å². The van der Waals surface area contributed by atoms with Crippen LogP contribution < -0.4 is 5.73 Å². The first kappa shape index (κ1) is 13.3. The molecule has 3 N–H and O–H groups in total. The lowest BCUT2D eigenvalue weighted by atomic mass is 10.0. The summed E-state index contributed by atoms with van der Waals surface area (Å²) < 4.78 is 0. The molecule has 1 fully saturated rings. The van der Waals surface area contributed by atoms with Crippen molar-refractivity contribution in [3.8, 4) is 0 Å². The van der Waals surface area contributed by atoms with E-state index in [0.29, 0.717) is 0 Å². The minimum atomic E-state index is 0.168. The highest BCUT2D eigenvalue weighted by molar-refractivity contribution is 7.99. The fraction of sp³-hybridized carbons (Fsp3) is 0.500. The molecule has 0 aliphatic heterocycles. The molecule has 1 aliphatic carbocycles. The smallest absolute Gasteiger partial charge is 0.170 e. The number of hydrogen-bond acceptors (Lipinski definition) is 3. The van der Waals surface area contributed by atoms with E-state index in [1.165, 1.54) is 37.7 Å². The van der Waals surface area contributed by atoms with E-state index in [0.717, 1.165) is 16.6 Å². The van der Waals surface area contributed by atoms with Crippen molar-refractivity contribution < 1.29 is 5.21 Å². The van der Waals surface area contributed by atoms with Gasteiger partial charge in [0.05, 0.1) is 0 Å². The second kappa shape index (κ2) is 6.69. The maximum absolute atomic E-state index is 8.59. The molecule has 3 nitrogen and oxygen atoms in total. The van der Waals surface area contributed by atoms with E-state index in [4.69, 9.17) is 10.9 Å². The number of benzene rings is 1. The molecule has 0 aromatic heterocycles. The largest absolute Gasteiger partial charge is 0.409 e. The molecule has 0 radical (unpaired) electrons. The molecule has 4 heteroatoms. The minimum Gasteiger partial charge on any atom is -0.409 e. The van der Waals surface area contributed by atoms with Crippen LogP contribution in [0.2, 0.25) is 0 Å². The summed E-state index contributed by atoms with van der Waals surface area (Å²) in [6.45, 7) is 0. The lowest BCUT2D eigenvalue weighted by Crippen LogP contribution is -2.12. The Kier molecular flexibility index (Phi) is 4.93. The second-order valence-electron chi connectivity index (χ2n) is 4.75. The van der Waals surface area contributed by atoms with Crippen LogP contribution in [0, 0.1) is 0 Å². The Labute approximate surface area is 112 Å². The number of thioether (sulfide) groups is 1. The molecule has 2 rings (SSSR count). The predicted molar refractivity (Wildman–Crippen MR) is 77.1 cm³/mol. The third-order valence-electron chi connectivity index (χ3n) is 3.40. The average Bonchev–Trinajstić information content (AvgIpc) is 2.46. The third kappa shape index (κ3) is 3.67. The summed E-state index contributed by atoms with van der Waals surface area (Å²) in [6.07, 6.45) is 6.92. The summed E-state index contributed by atoms with van der Waals surface area (Å²) in [5.74, 6) is 1.22. The zero-order valence-electron chi connectivity index (χ0n) is 10.5. The highest BCUT2D eigenvalue weighted by Gasteiger charge is 2.13. The van der Waals surface area contributed by atoms with Crippen LogP contribution in [0.25, 0.3) is 0 Å². The Morgan fingerprint density at radius 3 is 2.50 bits per heavy atom. The zero-order chi connectivity index (χ0) is 12.8. The van der Waals surface area contributed by atoms with Crippen molar-refractivity contribution in [3.63, 3.8) is 0 Å². The summed E-state index contributed by atoms with van der Waals surface area (Å²) in [6, 6.07) is 7.93. The molecule has 0 atom stereocenters. The molecule has 0 spiro atoms. The van der Waals surface area contributed by atoms with Crippen molar-refractivity contribution in [2.45, 2.75) is 43.1 Å². The average molecular weight is 264 g/mol. The van der Waals surface area contributed by atoms with Crippen LogP contribution in [0.1, 0.15) is 43.2 Å². The van der Waals surface area contributed by atoms with Crippen molar-refractivity contribution >= 4 is 17.6 Å². The number of amidine groups is 1. The normalized spacial score (nSPS) is 17.9. The number of hydrogen-bond donors (Lipinski definition) is 2. The molecule has 0 unspecified atom stereocenters. The zero-order valence-corrected chi connectivity index (χ0v) is 11.3. The molecule has 98 valence electrons. The highest BCUT2D eigenvalue weighted by atomic mass is 32.2. The molecule has 18 heavy (non-hydrogen) atoms. The van der Waals surface area contributed by atoms with Crippen LogP contribution in [-0.4, -0.2) is 16.3 Å². The molecule has 1 aromatic carbocycles. The van der Waals surface area contributed by atoms with E-state index in [9.17, 15) is 0 Å². The van der Waals surface area contributed by atoms with Crippen LogP contribution >= 0.6 is 11.8 Å². The number of oxime groups is 1. The van der Waals surface area contributed by atoms with Gasteiger partial charge in [-0.15, -0.1) is 0 Å². The summed E-state index contributed by atoms with van der Waals surface area (Å²) in [5, 5.41) is 12.4. The van der Waals surface area contributed by atoms with Gasteiger partial charge in [-0.1, -0.05) is 48.7 Å². The van der Waals surface area contributed by atoms with Gasteiger partial charge in [-0.25, -0.2) is 0 Å². The molecule has 0 saturated heterocycles. The Morgan fingerprint density at radius 1 is 1.22 bits per heavy atom. The summed E-state index contributed by atoms with van der Waals surface area (Å²) in [5.41, 5.74) is 7.60.